The lowest BCUT2D eigenvalue weighted by atomic mass is 10.2. The van der Waals surface area contributed by atoms with Crippen molar-refractivity contribution >= 4 is 54.8 Å². The quantitative estimate of drug-likeness (QED) is 0.579. The number of pyridine rings is 1. The van der Waals surface area contributed by atoms with Gasteiger partial charge in [0.1, 0.15) is 0 Å². The van der Waals surface area contributed by atoms with Gasteiger partial charge in [-0.25, -0.2) is 0 Å². The van der Waals surface area contributed by atoms with E-state index >= 15 is 0 Å². The molecule has 1 fully saturated rings. The van der Waals surface area contributed by atoms with Crippen molar-refractivity contribution in [1.29, 1.82) is 0 Å². The van der Waals surface area contributed by atoms with Crippen molar-refractivity contribution < 1.29 is 4.79 Å². The molecule has 0 unspecified atom stereocenters. The summed E-state index contributed by atoms with van der Waals surface area (Å²) in [5.41, 5.74) is 0.809. The number of fused-ring (bicyclic) bond motifs is 1. The molecule has 3 aromatic heterocycles. The summed E-state index contributed by atoms with van der Waals surface area (Å²) in [5, 5.41) is 8.54. The van der Waals surface area contributed by atoms with Crippen molar-refractivity contribution in [2.75, 3.05) is 6.54 Å². The molecule has 0 saturated carbocycles. The first-order chi connectivity index (χ1) is 11.1. The smallest absolute Gasteiger partial charge is 0.264 e. The average Bonchev–Trinajstić information content (AvgIpc) is 3.25. The molecule has 4 heterocycles. The highest BCUT2D eigenvalue weighted by Crippen LogP contribution is 2.37. The van der Waals surface area contributed by atoms with Gasteiger partial charge in [0, 0.05) is 17.2 Å². The van der Waals surface area contributed by atoms with Crippen LogP contribution in [-0.2, 0) is 0 Å². The Kier molecular flexibility index (Phi) is 3.98. The molecule has 1 amide bonds. The second kappa shape index (κ2) is 5.99. The number of aromatic nitrogens is 3. The minimum absolute atomic E-state index is 0.0282. The van der Waals surface area contributed by atoms with E-state index in [1.54, 1.807) is 0 Å². The maximum Gasteiger partial charge on any atom is 0.264 e. The van der Waals surface area contributed by atoms with Crippen LogP contribution < -0.4 is 0 Å². The van der Waals surface area contributed by atoms with Crippen molar-refractivity contribution in [2.24, 2.45) is 0 Å². The van der Waals surface area contributed by atoms with Crippen LogP contribution in [0.5, 0.6) is 0 Å². The fourth-order valence-electron chi connectivity index (χ4n) is 2.96. The molecule has 5 nitrogen and oxygen atoms in total. The summed E-state index contributed by atoms with van der Waals surface area (Å²) >= 11 is 8.35. The molecule has 1 saturated heterocycles. The normalized spacial score (nSPS) is 18.0. The first-order valence-electron chi connectivity index (χ1n) is 7.20. The Bertz CT molecular complexity index is 871. The number of nitrogens with zero attached hydrogens (tertiary/aromatic N) is 4. The zero-order valence-corrected chi connectivity index (χ0v) is 15.9. The third-order valence-electron chi connectivity index (χ3n) is 4.01. The SMILES string of the molecule is O=C(c1cc(Br)c(Br)s1)N1CCC[C@H]1c1nnc2ccccn12. The van der Waals surface area contributed by atoms with Gasteiger partial charge in [-0.15, -0.1) is 21.5 Å². The van der Waals surface area contributed by atoms with Gasteiger partial charge in [-0.2, -0.15) is 0 Å². The number of rotatable bonds is 2. The minimum atomic E-state index is -0.0282. The summed E-state index contributed by atoms with van der Waals surface area (Å²) in [4.78, 5) is 15.5. The van der Waals surface area contributed by atoms with Crippen molar-refractivity contribution in [3.05, 3.63) is 49.4 Å². The van der Waals surface area contributed by atoms with Crippen LogP contribution in [0.1, 0.15) is 34.4 Å². The Morgan fingerprint density at radius 1 is 1.30 bits per heavy atom. The Morgan fingerprint density at radius 2 is 2.17 bits per heavy atom. The third kappa shape index (κ3) is 2.62. The Balaban J connectivity index is 1.70. The first kappa shape index (κ1) is 15.3. The summed E-state index contributed by atoms with van der Waals surface area (Å²) in [6.07, 6.45) is 3.84. The molecule has 4 rings (SSSR count). The zero-order valence-electron chi connectivity index (χ0n) is 11.9. The number of amides is 1. The van der Waals surface area contributed by atoms with E-state index in [0.717, 1.165) is 44.0 Å². The summed E-state index contributed by atoms with van der Waals surface area (Å²) in [7, 11) is 0. The average molecular weight is 456 g/mol. The molecule has 0 aliphatic carbocycles. The van der Waals surface area contributed by atoms with E-state index in [9.17, 15) is 4.79 Å². The topological polar surface area (TPSA) is 50.5 Å². The molecule has 23 heavy (non-hydrogen) atoms. The maximum atomic E-state index is 12.9. The molecule has 0 aromatic carbocycles. The van der Waals surface area contributed by atoms with Crippen molar-refractivity contribution in [1.82, 2.24) is 19.5 Å². The van der Waals surface area contributed by atoms with Gasteiger partial charge in [-0.1, -0.05) is 6.07 Å². The van der Waals surface area contributed by atoms with E-state index in [4.69, 9.17) is 0 Å². The van der Waals surface area contributed by atoms with Crippen LogP contribution in [0.4, 0.5) is 0 Å². The van der Waals surface area contributed by atoms with E-state index < -0.39 is 0 Å². The van der Waals surface area contributed by atoms with Gasteiger partial charge in [0.2, 0.25) is 0 Å². The molecule has 0 N–H and O–H groups in total. The molecule has 118 valence electrons. The zero-order chi connectivity index (χ0) is 16.0. The Morgan fingerprint density at radius 3 is 2.96 bits per heavy atom. The standard InChI is InChI=1S/C15H12Br2N4OS/c16-9-8-11(23-13(9)17)15(22)20-7-3-4-10(20)14-19-18-12-5-1-2-6-21(12)14/h1-2,5-6,8,10H,3-4,7H2/t10-/m0/s1. The predicted octanol–water partition coefficient (Wildman–Crippen LogP) is 4.29. The van der Waals surface area contributed by atoms with Gasteiger partial charge >= 0.3 is 0 Å². The van der Waals surface area contributed by atoms with Crippen molar-refractivity contribution in [3.8, 4) is 0 Å². The van der Waals surface area contributed by atoms with E-state index in [2.05, 4.69) is 42.1 Å². The van der Waals surface area contributed by atoms with E-state index in [1.807, 2.05) is 39.8 Å². The monoisotopic (exact) mass is 454 g/mol. The molecule has 1 aliphatic rings. The van der Waals surface area contributed by atoms with Crippen LogP contribution in [0, 0.1) is 0 Å². The highest BCUT2D eigenvalue weighted by atomic mass is 79.9. The number of hydrogen-bond donors (Lipinski definition) is 0. The van der Waals surface area contributed by atoms with Crippen LogP contribution in [0.25, 0.3) is 5.65 Å². The fourth-order valence-corrected chi connectivity index (χ4v) is 4.95. The van der Waals surface area contributed by atoms with Crippen LogP contribution in [0.15, 0.2) is 38.7 Å². The number of hydrogen-bond acceptors (Lipinski definition) is 4. The third-order valence-corrected chi connectivity index (χ3v) is 7.25. The number of likely N-dealkylation sites (tertiary alicyclic amines) is 1. The summed E-state index contributed by atoms with van der Waals surface area (Å²) in [6, 6.07) is 7.65. The number of carbonyl (C=O) groups excluding carboxylic acids is 1. The van der Waals surface area contributed by atoms with Gasteiger partial charge in [-0.05, 0) is 62.9 Å². The molecular weight excluding hydrogens is 444 g/mol. The summed E-state index contributed by atoms with van der Waals surface area (Å²) < 4.78 is 3.82. The van der Waals surface area contributed by atoms with Crippen LogP contribution in [0.2, 0.25) is 0 Å². The molecule has 1 aliphatic heterocycles. The van der Waals surface area contributed by atoms with E-state index in [1.165, 1.54) is 11.3 Å². The van der Waals surface area contributed by atoms with Crippen LogP contribution >= 0.6 is 43.2 Å². The first-order valence-corrected chi connectivity index (χ1v) is 9.61. The van der Waals surface area contributed by atoms with E-state index in [0.29, 0.717) is 0 Å². The van der Waals surface area contributed by atoms with Crippen molar-refractivity contribution in [2.45, 2.75) is 18.9 Å². The van der Waals surface area contributed by atoms with Gasteiger partial charge in [0.25, 0.3) is 5.91 Å². The van der Waals surface area contributed by atoms with Crippen molar-refractivity contribution in [3.63, 3.8) is 0 Å². The summed E-state index contributed by atoms with van der Waals surface area (Å²) in [6.45, 7) is 0.748. The van der Waals surface area contributed by atoms with Crippen LogP contribution in [0.3, 0.4) is 0 Å². The molecular formula is C15H12Br2N4OS. The highest BCUT2D eigenvalue weighted by molar-refractivity contribution is 9.13. The highest BCUT2D eigenvalue weighted by Gasteiger charge is 2.34. The lowest BCUT2D eigenvalue weighted by molar-refractivity contribution is 0.0734. The van der Waals surface area contributed by atoms with Crippen LogP contribution in [-0.4, -0.2) is 31.9 Å². The fraction of sp³-hybridized carbons (Fsp3) is 0.267. The molecule has 0 radical (unpaired) electrons. The van der Waals surface area contributed by atoms with E-state index in [-0.39, 0.29) is 11.9 Å². The second-order valence-corrected chi connectivity index (χ2v) is 8.60. The van der Waals surface area contributed by atoms with Gasteiger partial charge in [-0.3, -0.25) is 9.20 Å². The minimum Gasteiger partial charge on any atom is -0.328 e. The lowest BCUT2D eigenvalue weighted by Crippen LogP contribution is -2.31. The molecule has 1 atom stereocenters. The Labute approximate surface area is 153 Å². The van der Waals surface area contributed by atoms with Gasteiger partial charge in [0.15, 0.2) is 11.5 Å². The molecule has 3 aromatic rings. The lowest BCUT2D eigenvalue weighted by Gasteiger charge is -2.22. The Hall–Kier alpha value is -1.25. The number of thiophene rings is 1. The van der Waals surface area contributed by atoms with Gasteiger partial charge in [0.05, 0.1) is 14.7 Å². The molecule has 0 bridgehead atoms. The maximum absolute atomic E-state index is 12.9. The second-order valence-electron chi connectivity index (χ2n) is 5.38. The number of carbonyl (C=O) groups is 1. The molecule has 0 spiro atoms. The molecule has 8 heteroatoms. The van der Waals surface area contributed by atoms with Gasteiger partial charge < -0.3 is 4.90 Å². The summed E-state index contributed by atoms with van der Waals surface area (Å²) in [5.74, 6) is 0.887. The predicted molar refractivity (Wildman–Crippen MR) is 95.7 cm³/mol. The number of halogens is 2. The largest absolute Gasteiger partial charge is 0.328 e.